The SMILES string of the molecule is CN(CCC#N)C(=O)/C=C/c1ccc(C(F)(F)F)cc1. The quantitative estimate of drug-likeness (QED) is 0.796. The number of hydrogen-bond donors (Lipinski definition) is 0. The summed E-state index contributed by atoms with van der Waals surface area (Å²) in [5.74, 6) is -0.305. The molecule has 0 atom stereocenters. The third kappa shape index (κ3) is 4.76. The molecular weight excluding hydrogens is 269 g/mol. The topological polar surface area (TPSA) is 44.1 Å². The maximum absolute atomic E-state index is 12.4. The van der Waals surface area contributed by atoms with E-state index in [1.54, 1.807) is 7.05 Å². The van der Waals surface area contributed by atoms with Crippen LogP contribution in [-0.4, -0.2) is 24.4 Å². The largest absolute Gasteiger partial charge is 0.416 e. The van der Waals surface area contributed by atoms with E-state index in [-0.39, 0.29) is 12.3 Å². The number of rotatable bonds is 4. The van der Waals surface area contributed by atoms with Crippen LogP contribution < -0.4 is 0 Å². The van der Waals surface area contributed by atoms with E-state index in [1.165, 1.54) is 29.2 Å². The Kier molecular flexibility index (Phi) is 5.32. The Morgan fingerprint density at radius 3 is 2.45 bits per heavy atom. The van der Waals surface area contributed by atoms with E-state index in [2.05, 4.69) is 0 Å². The van der Waals surface area contributed by atoms with Crippen LogP contribution in [-0.2, 0) is 11.0 Å². The van der Waals surface area contributed by atoms with Gasteiger partial charge in [0.2, 0.25) is 5.91 Å². The van der Waals surface area contributed by atoms with Gasteiger partial charge in [-0.3, -0.25) is 4.79 Å². The van der Waals surface area contributed by atoms with Crippen molar-refractivity contribution >= 4 is 12.0 Å². The minimum Gasteiger partial charge on any atom is -0.341 e. The minimum absolute atomic E-state index is 0.232. The lowest BCUT2D eigenvalue weighted by atomic mass is 10.1. The van der Waals surface area contributed by atoms with Crippen molar-refractivity contribution in [1.82, 2.24) is 4.90 Å². The zero-order valence-electron chi connectivity index (χ0n) is 10.8. The van der Waals surface area contributed by atoms with Gasteiger partial charge in [0.1, 0.15) is 0 Å². The van der Waals surface area contributed by atoms with Crippen molar-refractivity contribution in [2.24, 2.45) is 0 Å². The standard InChI is InChI=1S/C14H13F3N2O/c1-19(10-2-9-18)13(20)8-5-11-3-6-12(7-4-11)14(15,16)17/h3-8H,2,10H2,1H3/b8-5+. The lowest BCUT2D eigenvalue weighted by molar-refractivity contribution is -0.137. The fourth-order valence-electron chi connectivity index (χ4n) is 1.41. The van der Waals surface area contributed by atoms with Crippen LogP contribution in [0.3, 0.4) is 0 Å². The van der Waals surface area contributed by atoms with E-state index in [1.807, 2.05) is 6.07 Å². The number of amides is 1. The summed E-state index contributed by atoms with van der Waals surface area (Å²) in [5.41, 5.74) is -0.229. The van der Waals surface area contributed by atoms with Crippen LogP contribution in [0.25, 0.3) is 6.08 Å². The predicted molar refractivity (Wildman–Crippen MR) is 68.3 cm³/mol. The van der Waals surface area contributed by atoms with E-state index in [9.17, 15) is 18.0 Å². The van der Waals surface area contributed by atoms with E-state index < -0.39 is 11.7 Å². The molecule has 0 radical (unpaired) electrons. The molecule has 0 aliphatic carbocycles. The summed E-state index contributed by atoms with van der Waals surface area (Å²) >= 11 is 0. The van der Waals surface area contributed by atoms with Crippen LogP contribution in [0.5, 0.6) is 0 Å². The second-order valence-corrected chi connectivity index (χ2v) is 4.12. The van der Waals surface area contributed by atoms with Crippen molar-refractivity contribution in [3.63, 3.8) is 0 Å². The van der Waals surface area contributed by atoms with Gasteiger partial charge in [-0.1, -0.05) is 12.1 Å². The molecule has 106 valence electrons. The molecule has 0 spiro atoms. The highest BCUT2D eigenvalue weighted by Crippen LogP contribution is 2.29. The highest BCUT2D eigenvalue weighted by Gasteiger charge is 2.29. The van der Waals surface area contributed by atoms with Gasteiger partial charge in [0.15, 0.2) is 0 Å². The number of halogens is 3. The maximum atomic E-state index is 12.4. The molecular formula is C14H13F3N2O. The van der Waals surface area contributed by atoms with Crippen molar-refractivity contribution in [3.05, 3.63) is 41.5 Å². The molecule has 0 unspecified atom stereocenters. The Labute approximate surface area is 114 Å². The van der Waals surface area contributed by atoms with Gasteiger partial charge in [-0.2, -0.15) is 18.4 Å². The number of alkyl halides is 3. The summed E-state index contributed by atoms with van der Waals surface area (Å²) in [4.78, 5) is 13.0. The number of nitriles is 1. The first-order valence-electron chi connectivity index (χ1n) is 5.82. The van der Waals surface area contributed by atoms with E-state index in [0.717, 1.165) is 12.1 Å². The van der Waals surface area contributed by atoms with E-state index >= 15 is 0 Å². The summed E-state index contributed by atoms with van der Waals surface area (Å²) < 4.78 is 37.1. The molecule has 1 aromatic carbocycles. The van der Waals surface area contributed by atoms with Crippen LogP contribution in [0.2, 0.25) is 0 Å². The number of carbonyl (C=O) groups excluding carboxylic acids is 1. The highest BCUT2D eigenvalue weighted by molar-refractivity contribution is 5.91. The first kappa shape index (κ1) is 15.8. The molecule has 0 fully saturated rings. The first-order chi connectivity index (χ1) is 9.34. The van der Waals surface area contributed by atoms with Gasteiger partial charge in [-0.05, 0) is 23.8 Å². The molecule has 0 saturated heterocycles. The molecule has 20 heavy (non-hydrogen) atoms. The van der Waals surface area contributed by atoms with Crippen LogP contribution in [0.4, 0.5) is 13.2 Å². The lowest BCUT2D eigenvalue weighted by Crippen LogP contribution is -2.25. The van der Waals surface area contributed by atoms with Gasteiger partial charge in [-0.15, -0.1) is 0 Å². The number of hydrogen-bond acceptors (Lipinski definition) is 2. The van der Waals surface area contributed by atoms with Crippen LogP contribution >= 0.6 is 0 Å². The Morgan fingerprint density at radius 1 is 1.35 bits per heavy atom. The summed E-state index contributed by atoms with van der Waals surface area (Å²) in [5, 5.41) is 8.40. The van der Waals surface area contributed by atoms with Crippen molar-refractivity contribution in [2.45, 2.75) is 12.6 Å². The molecule has 0 aliphatic rings. The predicted octanol–water partition coefficient (Wildman–Crippen LogP) is 3.09. The Hall–Kier alpha value is -2.29. The summed E-state index contributed by atoms with van der Waals surface area (Å²) in [6, 6.07) is 6.43. The van der Waals surface area contributed by atoms with Crippen molar-refractivity contribution in [1.29, 1.82) is 5.26 Å². The molecule has 0 aromatic heterocycles. The molecule has 0 saturated carbocycles. The summed E-state index contributed by atoms with van der Waals surface area (Å²) in [7, 11) is 1.55. The molecule has 1 amide bonds. The van der Waals surface area contributed by atoms with Crippen molar-refractivity contribution in [3.8, 4) is 6.07 Å². The van der Waals surface area contributed by atoms with Gasteiger partial charge < -0.3 is 4.90 Å². The third-order valence-electron chi connectivity index (χ3n) is 2.59. The average molecular weight is 282 g/mol. The van der Waals surface area contributed by atoms with Gasteiger partial charge in [0.25, 0.3) is 0 Å². The fraction of sp³-hybridized carbons (Fsp3) is 0.286. The zero-order valence-corrected chi connectivity index (χ0v) is 10.8. The highest BCUT2D eigenvalue weighted by atomic mass is 19.4. The van der Waals surface area contributed by atoms with Crippen LogP contribution in [0.1, 0.15) is 17.5 Å². The fourth-order valence-corrected chi connectivity index (χ4v) is 1.41. The smallest absolute Gasteiger partial charge is 0.341 e. The molecule has 1 rings (SSSR count). The monoisotopic (exact) mass is 282 g/mol. The van der Waals surface area contributed by atoms with Crippen molar-refractivity contribution < 1.29 is 18.0 Å². The number of nitrogens with zero attached hydrogens (tertiary/aromatic N) is 2. The number of carbonyl (C=O) groups is 1. The second-order valence-electron chi connectivity index (χ2n) is 4.12. The van der Waals surface area contributed by atoms with E-state index in [4.69, 9.17) is 5.26 Å². The van der Waals surface area contributed by atoms with Crippen LogP contribution in [0, 0.1) is 11.3 Å². The van der Waals surface area contributed by atoms with Gasteiger partial charge >= 0.3 is 6.18 Å². The molecule has 0 bridgehead atoms. The molecule has 3 nitrogen and oxygen atoms in total. The normalized spacial score (nSPS) is 11.3. The second kappa shape index (κ2) is 6.75. The molecule has 0 heterocycles. The maximum Gasteiger partial charge on any atom is 0.416 e. The Bertz CT molecular complexity index is 527. The summed E-state index contributed by atoms with van der Waals surface area (Å²) in [6.07, 6.45) is -1.43. The molecule has 0 aliphatic heterocycles. The third-order valence-corrected chi connectivity index (χ3v) is 2.59. The van der Waals surface area contributed by atoms with Crippen molar-refractivity contribution in [2.75, 3.05) is 13.6 Å². The Morgan fingerprint density at radius 2 is 1.95 bits per heavy atom. The lowest BCUT2D eigenvalue weighted by Gasteiger charge is -2.12. The molecule has 1 aromatic rings. The first-order valence-corrected chi connectivity index (χ1v) is 5.82. The van der Waals surface area contributed by atoms with Gasteiger partial charge in [0.05, 0.1) is 18.1 Å². The average Bonchev–Trinajstić information content (AvgIpc) is 2.41. The molecule has 6 heteroatoms. The Balaban J connectivity index is 2.67. The van der Waals surface area contributed by atoms with Gasteiger partial charge in [-0.25, -0.2) is 0 Å². The van der Waals surface area contributed by atoms with E-state index in [0.29, 0.717) is 12.1 Å². The molecule has 0 N–H and O–H groups in total. The van der Waals surface area contributed by atoms with Crippen LogP contribution in [0.15, 0.2) is 30.3 Å². The van der Waals surface area contributed by atoms with Gasteiger partial charge in [0, 0.05) is 19.7 Å². The number of likely N-dealkylation sites (N-methyl/N-ethyl adjacent to an activating group) is 1. The summed E-state index contributed by atoms with van der Waals surface area (Å²) in [6.45, 7) is 0.312. The number of benzene rings is 1. The minimum atomic E-state index is -4.37. The zero-order chi connectivity index (χ0) is 15.2.